The van der Waals surface area contributed by atoms with E-state index in [4.69, 9.17) is 13.7 Å². The lowest BCUT2D eigenvalue weighted by atomic mass is 10.2. The highest BCUT2D eigenvalue weighted by Gasteiger charge is 2.19. The molecule has 0 amide bonds. The van der Waals surface area contributed by atoms with Crippen molar-refractivity contribution in [1.82, 2.24) is 14.7 Å². The second-order valence-corrected chi connectivity index (χ2v) is 6.83. The molecule has 27 heavy (non-hydrogen) atoms. The minimum atomic E-state index is -0.427. The Morgan fingerprint density at radius 1 is 1.33 bits per heavy atom. The molecule has 0 aliphatic carbocycles. The zero-order valence-electron chi connectivity index (χ0n) is 14.8. The largest absolute Gasteiger partial charge is 0.467 e. The lowest BCUT2D eigenvalue weighted by Gasteiger charge is -2.07. The quantitative estimate of drug-likeness (QED) is 0.464. The lowest BCUT2D eigenvalue weighted by Crippen LogP contribution is -2.08. The van der Waals surface area contributed by atoms with Crippen LogP contribution in [-0.4, -0.2) is 20.7 Å². The SMILES string of the molecule is Cc1cc(C(=O)OCc2nc(-c3ccsc3)no2)c(C)n1Cc1ccco1. The van der Waals surface area contributed by atoms with Gasteiger partial charge in [-0.1, -0.05) is 5.16 Å². The second kappa shape index (κ2) is 7.24. The number of furan rings is 1. The minimum absolute atomic E-state index is 0.0716. The summed E-state index contributed by atoms with van der Waals surface area (Å²) in [5.74, 6) is 1.14. The first kappa shape index (κ1) is 17.3. The molecule has 0 saturated carbocycles. The second-order valence-electron chi connectivity index (χ2n) is 6.05. The number of thiophene rings is 1. The Balaban J connectivity index is 1.44. The maximum Gasteiger partial charge on any atom is 0.340 e. The van der Waals surface area contributed by atoms with Crippen LogP contribution in [-0.2, 0) is 17.9 Å². The van der Waals surface area contributed by atoms with Crippen LogP contribution in [0.4, 0.5) is 0 Å². The van der Waals surface area contributed by atoms with E-state index in [1.807, 2.05) is 53.4 Å². The molecule has 0 aliphatic heterocycles. The van der Waals surface area contributed by atoms with Crippen LogP contribution in [0.25, 0.3) is 11.4 Å². The lowest BCUT2D eigenvalue weighted by molar-refractivity contribution is 0.0429. The number of carbonyl (C=O) groups excluding carboxylic acids is 1. The molecule has 0 N–H and O–H groups in total. The van der Waals surface area contributed by atoms with Crippen LogP contribution in [0, 0.1) is 13.8 Å². The fraction of sp³-hybridized carbons (Fsp3) is 0.211. The molecule has 0 atom stereocenters. The molecule has 7 nitrogen and oxygen atoms in total. The Kier molecular flexibility index (Phi) is 4.64. The molecule has 0 unspecified atom stereocenters. The highest BCUT2D eigenvalue weighted by atomic mass is 32.1. The van der Waals surface area contributed by atoms with Gasteiger partial charge < -0.3 is 18.2 Å². The molecule has 8 heteroatoms. The molecular weight excluding hydrogens is 366 g/mol. The van der Waals surface area contributed by atoms with Crippen molar-refractivity contribution in [2.75, 3.05) is 0 Å². The van der Waals surface area contributed by atoms with Gasteiger partial charge in [0.1, 0.15) is 5.76 Å². The molecule has 0 bridgehead atoms. The maximum atomic E-state index is 12.5. The van der Waals surface area contributed by atoms with Crippen LogP contribution >= 0.6 is 11.3 Å². The Hall–Kier alpha value is -3.13. The number of rotatable bonds is 6. The summed E-state index contributed by atoms with van der Waals surface area (Å²) in [7, 11) is 0. The van der Waals surface area contributed by atoms with Crippen LogP contribution in [0.5, 0.6) is 0 Å². The molecule has 4 aromatic heterocycles. The summed E-state index contributed by atoms with van der Waals surface area (Å²) in [6, 6.07) is 7.45. The van der Waals surface area contributed by atoms with Gasteiger partial charge in [-0.05, 0) is 43.5 Å². The third-order valence-corrected chi connectivity index (χ3v) is 4.95. The average Bonchev–Trinajstić information content (AvgIpc) is 3.43. The molecule has 4 heterocycles. The zero-order chi connectivity index (χ0) is 18.8. The smallest absolute Gasteiger partial charge is 0.340 e. The van der Waals surface area contributed by atoms with E-state index in [2.05, 4.69) is 10.1 Å². The first-order chi connectivity index (χ1) is 13.1. The van der Waals surface area contributed by atoms with Crippen LogP contribution in [0.1, 0.15) is 33.4 Å². The van der Waals surface area contributed by atoms with E-state index in [9.17, 15) is 4.79 Å². The van der Waals surface area contributed by atoms with Gasteiger partial charge in [-0.3, -0.25) is 0 Å². The summed E-state index contributed by atoms with van der Waals surface area (Å²) < 4.78 is 17.9. The van der Waals surface area contributed by atoms with E-state index in [-0.39, 0.29) is 12.5 Å². The van der Waals surface area contributed by atoms with Crippen molar-refractivity contribution < 1.29 is 18.5 Å². The van der Waals surface area contributed by atoms with Crippen molar-refractivity contribution in [1.29, 1.82) is 0 Å². The fourth-order valence-corrected chi connectivity index (χ4v) is 3.47. The molecule has 0 saturated heterocycles. The van der Waals surface area contributed by atoms with Gasteiger partial charge in [0.2, 0.25) is 5.82 Å². The fourth-order valence-electron chi connectivity index (χ4n) is 2.84. The summed E-state index contributed by atoms with van der Waals surface area (Å²) in [6.07, 6.45) is 1.63. The van der Waals surface area contributed by atoms with Gasteiger partial charge in [0.05, 0.1) is 18.4 Å². The molecule has 138 valence electrons. The minimum Gasteiger partial charge on any atom is -0.467 e. The van der Waals surface area contributed by atoms with Gasteiger partial charge in [-0.25, -0.2) is 4.79 Å². The van der Waals surface area contributed by atoms with Crippen LogP contribution in [0.3, 0.4) is 0 Å². The molecule has 0 fully saturated rings. The number of hydrogen-bond acceptors (Lipinski definition) is 7. The number of ether oxygens (including phenoxy) is 1. The molecule has 0 radical (unpaired) electrons. The number of aromatic nitrogens is 3. The van der Waals surface area contributed by atoms with Crippen LogP contribution in [0.15, 0.2) is 50.2 Å². The number of aryl methyl sites for hydroxylation is 1. The Bertz CT molecular complexity index is 1050. The van der Waals surface area contributed by atoms with Gasteiger partial charge in [0.25, 0.3) is 5.89 Å². The standard InChI is InChI=1S/C19H17N3O4S/c1-12-8-16(13(2)22(12)9-15-4-3-6-24-15)19(23)25-10-17-20-18(21-26-17)14-5-7-27-11-14/h3-8,11H,9-10H2,1-2H3. The van der Waals surface area contributed by atoms with Gasteiger partial charge in [0, 0.05) is 22.3 Å². The van der Waals surface area contributed by atoms with E-state index >= 15 is 0 Å². The Labute approximate surface area is 159 Å². The molecule has 0 spiro atoms. The third kappa shape index (κ3) is 3.56. The predicted octanol–water partition coefficient (Wildman–Crippen LogP) is 4.21. The van der Waals surface area contributed by atoms with E-state index in [1.54, 1.807) is 17.6 Å². The summed E-state index contributed by atoms with van der Waals surface area (Å²) in [6.45, 7) is 4.31. The molecule has 4 aromatic rings. The van der Waals surface area contributed by atoms with Crippen molar-refractivity contribution in [2.24, 2.45) is 0 Å². The van der Waals surface area contributed by atoms with Gasteiger partial charge in [-0.15, -0.1) is 0 Å². The molecule has 0 aliphatic rings. The number of hydrogen-bond donors (Lipinski definition) is 0. The van der Waals surface area contributed by atoms with Gasteiger partial charge in [-0.2, -0.15) is 16.3 Å². The monoisotopic (exact) mass is 383 g/mol. The summed E-state index contributed by atoms with van der Waals surface area (Å²) >= 11 is 1.55. The van der Waals surface area contributed by atoms with Crippen molar-refractivity contribution in [3.05, 3.63) is 69.9 Å². The van der Waals surface area contributed by atoms with Crippen LogP contribution < -0.4 is 0 Å². The number of esters is 1. The number of nitrogens with zero attached hydrogens (tertiary/aromatic N) is 3. The highest BCUT2D eigenvalue weighted by Crippen LogP contribution is 2.21. The Morgan fingerprint density at radius 2 is 2.22 bits per heavy atom. The van der Waals surface area contributed by atoms with Crippen LogP contribution in [0.2, 0.25) is 0 Å². The van der Waals surface area contributed by atoms with Crippen molar-refractivity contribution in [3.8, 4) is 11.4 Å². The third-order valence-electron chi connectivity index (χ3n) is 4.26. The Morgan fingerprint density at radius 3 is 2.96 bits per heavy atom. The molecular formula is C19H17N3O4S. The van der Waals surface area contributed by atoms with Gasteiger partial charge >= 0.3 is 5.97 Å². The van der Waals surface area contributed by atoms with E-state index in [1.165, 1.54) is 0 Å². The first-order valence-electron chi connectivity index (χ1n) is 8.33. The number of carbonyl (C=O) groups is 1. The molecule has 0 aromatic carbocycles. The van der Waals surface area contributed by atoms with Crippen molar-refractivity contribution in [3.63, 3.8) is 0 Å². The van der Waals surface area contributed by atoms with Crippen molar-refractivity contribution in [2.45, 2.75) is 27.0 Å². The molecule has 4 rings (SSSR count). The van der Waals surface area contributed by atoms with Gasteiger partial charge in [0.15, 0.2) is 6.61 Å². The first-order valence-corrected chi connectivity index (χ1v) is 9.27. The summed E-state index contributed by atoms with van der Waals surface area (Å²) in [4.78, 5) is 16.7. The van der Waals surface area contributed by atoms with Crippen molar-refractivity contribution >= 4 is 17.3 Å². The summed E-state index contributed by atoms with van der Waals surface area (Å²) in [5, 5.41) is 7.76. The topological polar surface area (TPSA) is 83.3 Å². The van der Waals surface area contributed by atoms with E-state index in [0.29, 0.717) is 17.9 Å². The maximum absolute atomic E-state index is 12.5. The predicted molar refractivity (Wildman–Crippen MR) is 98.4 cm³/mol. The highest BCUT2D eigenvalue weighted by molar-refractivity contribution is 7.08. The average molecular weight is 383 g/mol. The summed E-state index contributed by atoms with van der Waals surface area (Å²) in [5.41, 5.74) is 3.16. The van der Waals surface area contributed by atoms with E-state index < -0.39 is 5.97 Å². The zero-order valence-corrected chi connectivity index (χ0v) is 15.7. The normalized spacial score (nSPS) is 11.0. The van der Waals surface area contributed by atoms with E-state index in [0.717, 1.165) is 22.7 Å².